The molecular weight excluding hydrogens is 256 g/mol. The van der Waals surface area contributed by atoms with Gasteiger partial charge in [0.25, 0.3) is 0 Å². The highest BCUT2D eigenvalue weighted by Crippen LogP contribution is 2.24. The van der Waals surface area contributed by atoms with Crippen LogP contribution >= 0.6 is 11.8 Å². The van der Waals surface area contributed by atoms with E-state index in [1.54, 1.807) is 11.8 Å². The molecule has 0 fully saturated rings. The van der Waals surface area contributed by atoms with Crippen molar-refractivity contribution in [2.75, 3.05) is 5.73 Å². The minimum atomic E-state index is 0.189. The van der Waals surface area contributed by atoms with Crippen LogP contribution in [0, 0.1) is 0 Å². The van der Waals surface area contributed by atoms with Gasteiger partial charge in [0.1, 0.15) is 6.33 Å². The zero-order valence-electron chi connectivity index (χ0n) is 11.4. The van der Waals surface area contributed by atoms with Gasteiger partial charge in [-0.1, -0.05) is 56.8 Å². The van der Waals surface area contributed by atoms with Crippen LogP contribution in [0.3, 0.4) is 0 Å². The first-order valence-electron chi connectivity index (χ1n) is 6.12. The lowest BCUT2D eigenvalue weighted by atomic mass is 9.87. The molecule has 0 atom stereocenters. The number of rotatable bonds is 3. The van der Waals surface area contributed by atoms with Crippen molar-refractivity contribution in [1.82, 2.24) is 15.0 Å². The Labute approximate surface area is 117 Å². The standard InChI is InChI=1S/C14H18N4S/c1-14(2,3)11-6-4-10(5-7-11)8-19-13-17-9-16-12(15)18-13/h4-7,9H,8H2,1-3H3,(H2,15,16,17,18). The van der Waals surface area contributed by atoms with Crippen molar-refractivity contribution in [2.24, 2.45) is 0 Å². The molecule has 0 bridgehead atoms. The summed E-state index contributed by atoms with van der Waals surface area (Å²) < 4.78 is 0. The lowest BCUT2D eigenvalue weighted by Crippen LogP contribution is -2.10. The third kappa shape index (κ3) is 3.92. The zero-order chi connectivity index (χ0) is 13.9. The molecule has 1 aromatic heterocycles. The molecule has 100 valence electrons. The predicted molar refractivity (Wildman–Crippen MR) is 78.9 cm³/mol. The highest BCUT2D eigenvalue weighted by molar-refractivity contribution is 7.98. The number of nitrogen functional groups attached to an aromatic ring is 1. The van der Waals surface area contributed by atoms with Crippen LogP contribution in [-0.4, -0.2) is 15.0 Å². The summed E-state index contributed by atoms with van der Waals surface area (Å²) in [6.07, 6.45) is 1.44. The predicted octanol–water partition coefficient (Wildman–Crippen LogP) is 3.04. The molecule has 0 saturated carbocycles. The smallest absolute Gasteiger partial charge is 0.223 e. The van der Waals surface area contributed by atoms with Gasteiger partial charge in [0.2, 0.25) is 5.95 Å². The van der Waals surface area contributed by atoms with E-state index in [2.05, 4.69) is 60.0 Å². The lowest BCUT2D eigenvalue weighted by Gasteiger charge is -2.19. The van der Waals surface area contributed by atoms with Gasteiger partial charge < -0.3 is 5.73 Å². The highest BCUT2D eigenvalue weighted by atomic mass is 32.2. The van der Waals surface area contributed by atoms with E-state index in [0.717, 1.165) is 5.75 Å². The third-order valence-corrected chi connectivity index (χ3v) is 3.69. The molecular formula is C14H18N4S. The van der Waals surface area contributed by atoms with Gasteiger partial charge in [-0.2, -0.15) is 4.98 Å². The fourth-order valence-corrected chi connectivity index (χ4v) is 2.38. The number of hydrogen-bond acceptors (Lipinski definition) is 5. The molecule has 2 N–H and O–H groups in total. The number of hydrogen-bond donors (Lipinski definition) is 1. The zero-order valence-corrected chi connectivity index (χ0v) is 12.2. The van der Waals surface area contributed by atoms with E-state index in [9.17, 15) is 0 Å². The maximum Gasteiger partial charge on any atom is 0.223 e. The molecule has 1 aromatic carbocycles. The molecule has 5 heteroatoms. The average molecular weight is 274 g/mol. The van der Waals surface area contributed by atoms with Gasteiger partial charge in [0.15, 0.2) is 5.16 Å². The fourth-order valence-electron chi connectivity index (χ4n) is 1.61. The van der Waals surface area contributed by atoms with Crippen LogP contribution < -0.4 is 5.73 Å². The quantitative estimate of drug-likeness (QED) is 0.871. The van der Waals surface area contributed by atoms with Crippen LogP contribution in [0.4, 0.5) is 5.95 Å². The second-order valence-corrected chi connectivity index (χ2v) is 6.30. The van der Waals surface area contributed by atoms with Crippen molar-refractivity contribution >= 4 is 17.7 Å². The van der Waals surface area contributed by atoms with Crippen molar-refractivity contribution in [1.29, 1.82) is 0 Å². The molecule has 0 saturated heterocycles. The minimum Gasteiger partial charge on any atom is -0.368 e. The Morgan fingerprint density at radius 2 is 1.79 bits per heavy atom. The summed E-state index contributed by atoms with van der Waals surface area (Å²) in [5.74, 6) is 1.09. The number of aromatic nitrogens is 3. The van der Waals surface area contributed by atoms with Gasteiger partial charge in [-0.05, 0) is 16.5 Å². The molecule has 0 aliphatic carbocycles. The van der Waals surface area contributed by atoms with E-state index in [-0.39, 0.29) is 11.4 Å². The third-order valence-electron chi connectivity index (χ3n) is 2.76. The average Bonchev–Trinajstić information content (AvgIpc) is 2.36. The van der Waals surface area contributed by atoms with Gasteiger partial charge in [-0.15, -0.1) is 0 Å². The molecule has 4 nitrogen and oxygen atoms in total. The van der Waals surface area contributed by atoms with E-state index in [1.165, 1.54) is 17.5 Å². The molecule has 0 unspecified atom stereocenters. The van der Waals surface area contributed by atoms with Crippen LogP contribution in [-0.2, 0) is 11.2 Å². The van der Waals surface area contributed by atoms with Gasteiger partial charge in [-0.3, -0.25) is 0 Å². The Bertz CT molecular complexity index is 546. The Morgan fingerprint density at radius 3 is 2.37 bits per heavy atom. The number of anilines is 1. The summed E-state index contributed by atoms with van der Waals surface area (Å²) in [5, 5.41) is 0.660. The summed E-state index contributed by atoms with van der Waals surface area (Å²) in [5.41, 5.74) is 8.29. The van der Waals surface area contributed by atoms with Crippen molar-refractivity contribution < 1.29 is 0 Å². The first kappa shape index (κ1) is 13.8. The normalized spacial score (nSPS) is 11.5. The van der Waals surface area contributed by atoms with Crippen molar-refractivity contribution in [3.8, 4) is 0 Å². The first-order valence-corrected chi connectivity index (χ1v) is 7.10. The van der Waals surface area contributed by atoms with Crippen molar-refractivity contribution in [3.05, 3.63) is 41.7 Å². The SMILES string of the molecule is CC(C)(C)c1ccc(CSc2ncnc(N)n2)cc1. The summed E-state index contributed by atoms with van der Waals surface area (Å²) in [6.45, 7) is 6.64. The van der Waals surface area contributed by atoms with Crippen molar-refractivity contribution in [3.63, 3.8) is 0 Å². The summed E-state index contributed by atoms with van der Waals surface area (Å²) in [7, 11) is 0. The van der Waals surface area contributed by atoms with E-state index < -0.39 is 0 Å². The number of nitrogens with zero attached hydrogens (tertiary/aromatic N) is 3. The van der Waals surface area contributed by atoms with Crippen LogP contribution in [0.15, 0.2) is 35.7 Å². The van der Waals surface area contributed by atoms with Gasteiger partial charge >= 0.3 is 0 Å². The van der Waals surface area contributed by atoms with Crippen LogP contribution in [0.2, 0.25) is 0 Å². The molecule has 0 aliphatic rings. The van der Waals surface area contributed by atoms with Crippen LogP contribution in [0.25, 0.3) is 0 Å². The molecule has 2 rings (SSSR count). The minimum absolute atomic E-state index is 0.189. The second-order valence-electron chi connectivity index (χ2n) is 5.36. The highest BCUT2D eigenvalue weighted by Gasteiger charge is 2.12. The van der Waals surface area contributed by atoms with E-state index >= 15 is 0 Å². The molecule has 0 amide bonds. The Hall–Kier alpha value is -1.62. The number of benzene rings is 1. The van der Waals surface area contributed by atoms with Crippen LogP contribution in [0.5, 0.6) is 0 Å². The van der Waals surface area contributed by atoms with Gasteiger partial charge in [-0.25, -0.2) is 9.97 Å². The Balaban J connectivity index is 2.01. The number of thioether (sulfide) groups is 1. The topological polar surface area (TPSA) is 64.7 Å². The van der Waals surface area contributed by atoms with Gasteiger partial charge in [0.05, 0.1) is 0 Å². The molecule has 0 aliphatic heterocycles. The summed E-state index contributed by atoms with van der Waals surface area (Å²) in [4.78, 5) is 11.9. The lowest BCUT2D eigenvalue weighted by molar-refractivity contribution is 0.590. The molecule has 2 aromatic rings. The Kier molecular flexibility index (Phi) is 4.04. The van der Waals surface area contributed by atoms with Crippen LogP contribution in [0.1, 0.15) is 31.9 Å². The number of nitrogens with two attached hydrogens (primary N) is 1. The second kappa shape index (κ2) is 5.57. The largest absolute Gasteiger partial charge is 0.368 e. The van der Waals surface area contributed by atoms with E-state index in [1.807, 2.05) is 0 Å². The monoisotopic (exact) mass is 274 g/mol. The molecule has 1 heterocycles. The van der Waals surface area contributed by atoms with Gasteiger partial charge in [0, 0.05) is 5.75 Å². The first-order chi connectivity index (χ1) is 8.95. The Morgan fingerprint density at radius 1 is 1.11 bits per heavy atom. The molecule has 0 spiro atoms. The maximum absolute atomic E-state index is 5.52. The summed E-state index contributed by atoms with van der Waals surface area (Å²) in [6, 6.07) is 8.66. The van der Waals surface area contributed by atoms with E-state index in [0.29, 0.717) is 5.16 Å². The van der Waals surface area contributed by atoms with Crippen molar-refractivity contribution in [2.45, 2.75) is 37.1 Å². The molecule has 19 heavy (non-hydrogen) atoms. The fraction of sp³-hybridized carbons (Fsp3) is 0.357. The molecule has 0 radical (unpaired) electrons. The van der Waals surface area contributed by atoms with E-state index in [4.69, 9.17) is 5.73 Å². The maximum atomic E-state index is 5.52. The summed E-state index contributed by atoms with van der Waals surface area (Å²) >= 11 is 1.56.